The first-order valence-electron chi connectivity index (χ1n) is 12.5. The fourth-order valence-corrected chi connectivity index (χ4v) is 5.74. The Hall–Kier alpha value is -3.69. The van der Waals surface area contributed by atoms with Crippen LogP contribution in [0.15, 0.2) is 65.1 Å². The van der Waals surface area contributed by atoms with Crippen LogP contribution in [-0.2, 0) is 14.4 Å². The van der Waals surface area contributed by atoms with E-state index < -0.39 is 47.4 Å². The largest absolute Gasteiger partial charge is 0.503 e. The van der Waals surface area contributed by atoms with E-state index in [0.29, 0.717) is 16.9 Å². The Morgan fingerprint density at radius 2 is 1.51 bits per heavy atom. The Labute approximate surface area is 235 Å². The number of halogens is 1. The van der Waals surface area contributed by atoms with Crippen molar-refractivity contribution < 1.29 is 29.3 Å². The van der Waals surface area contributed by atoms with Gasteiger partial charge < -0.3 is 25.6 Å². The number of aromatic hydroxyl groups is 1. The van der Waals surface area contributed by atoms with Gasteiger partial charge in [0.1, 0.15) is 11.7 Å². The summed E-state index contributed by atoms with van der Waals surface area (Å²) in [5, 5.41) is 27.7. The molecule has 0 spiro atoms. The number of Topliss-reactive ketones (excluding diaryl/α,β-unsaturated/α-hetero) is 1. The Morgan fingerprint density at radius 3 is 2.05 bits per heavy atom. The quantitative estimate of drug-likeness (QED) is 0.294. The van der Waals surface area contributed by atoms with Gasteiger partial charge in [0, 0.05) is 23.7 Å². The van der Waals surface area contributed by atoms with Crippen molar-refractivity contribution in [3.8, 4) is 11.5 Å². The second kappa shape index (κ2) is 11.2. The van der Waals surface area contributed by atoms with E-state index in [4.69, 9.17) is 4.74 Å². The normalized spacial score (nSPS) is 22.7. The number of nitrogens with one attached hydrogen (secondary N) is 2. The molecule has 4 unspecified atom stereocenters. The summed E-state index contributed by atoms with van der Waals surface area (Å²) in [5.41, 5.74) is 1.32. The van der Waals surface area contributed by atoms with Crippen LogP contribution in [0.2, 0.25) is 0 Å². The minimum atomic E-state index is -1.77. The number of phenolic OH excluding ortho intramolecular Hbond substituents is 1. The van der Waals surface area contributed by atoms with Crippen LogP contribution in [0.4, 0.5) is 11.4 Å². The number of ether oxygens (including phenoxy) is 1. The summed E-state index contributed by atoms with van der Waals surface area (Å²) in [6, 6.07) is 17.4. The van der Waals surface area contributed by atoms with Crippen LogP contribution in [-0.4, -0.2) is 40.5 Å². The Bertz CT molecular complexity index is 1440. The number of benzene rings is 3. The molecule has 0 saturated heterocycles. The van der Waals surface area contributed by atoms with Crippen LogP contribution >= 0.6 is 15.9 Å². The van der Waals surface area contributed by atoms with E-state index in [9.17, 15) is 24.6 Å². The summed E-state index contributed by atoms with van der Waals surface area (Å²) in [7, 11) is 1.37. The number of carbonyl (C=O) groups excluding carboxylic acids is 3. The standard InChI is InChI=1S/C30H31BrN2O6/c1-16-9-5-7-11-20(16)32-28(36)25-22(34)15-30(3,38)26(29(37)33-21-12-8-6-10-17(21)2)24(25)18-13-19(31)27(35)23(14-18)39-4/h5-14,24-26,35,38H,15H2,1-4H3,(H,32,36)(H,33,37). The smallest absolute Gasteiger partial charge is 0.235 e. The fraction of sp³-hybridized carbons (Fsp3) is 0.300. The number of rotatable bonds is 6. The molecule has 0 heterocycles. The molecule has 4 N–H and O–H groups in total. The first-order valence-corrected chi connectivity index (χ1v) is 13.3. The van der Waals surface area contributed by atoms with E-state index in [0.717, 1.165) is 11.1 Å². The van der Waals surface area contributed by atoms with Gasteiger partial charge in [-0.2, -0.15) is 0 Å². The number of anilines is 2. The molecule has 39 heavy (non-hydrogen) atoms. The summed E-state index contributed by atoms with van der Waals surface area (Å²) in [6.07, 6.45) is -0.391. The molecule has 1 aliphatic carbocycles. The molecule has 8 nitrogen and oxygen atoms in total. The van der Waals surface area contributed by atoms with Gasteiger partial charge in [-0.05, 0) is 77.7 Å². The number of para-hydroxylation sites is 2. The van der Waals surface area contributed by atoms with Crippen molar-refractivity contribution in [3.63, 3.8) is 0 Å². The van der Waals surface area contributed by atoms with Gasteiger partial charge in [-0.3, -0.25) is 14.4 Å². The average Bonchev–Trinajstić information content (AvgIpc) is 2.87. The van der Waals surface area contributed by atoms with Gasteiger partial charge in [-0.25, -0.2) is 0 Å². The first kappa shape index (κ1) is 28.3. The summed E-state index contributed by atoms with van der Waals surface area (Å²) < 4.78 is 5.58. The van der Waals surface area contributed by atoms with Gasteiger partial charge >= 0.3 is 0 Å². The molecule has 1 aliphatic rings. The molecule has 0 aromatic heterocycles. The van der Waals surface area contributed by atoms with Crippen LogP contribution in [0.1, 0.15) is 36.0 Å². The third-order valence-corrected chi connectivity index (χ3v) is 7.90. The molecular formula is C30H31BrN2O6. The number of methoxy groups -OCH3 is 1. The van der Waals surface area contributed by atoms with Crippen molar-refractivity contribution in [3.05, 3.63) is 81.8 Å². The topological polar surface area (TPSA) is 125 Å². The van der Waals surface area contributed by atoms with Crippen LogP contribution < -0.4 is 15.4 Å². The van der Waals surface area contributed by atoms with Gasteiger partial charge in [0.15, 0.2) is 11.5 Å². The lowest BCUT2D eigenvalue weighted by molar-refractivity contribution is -0.150. The average molecular weight is 595 g/mol. The van der Waals surface area contributed by atoms with Gasteiger partial charge in [0.25, 0.3) is 0 Å². The number of amides is 2. The zero-order valence-electron chi connectivity index (χ0n) is 22.1. The van der Waals surface area contributed by atoms with Crippen molar-refractivity contribution in [1.82, 2.24) is 0 Å². The van der Waals surface area contributed by atoms with Crippen LogP contribution in [0.3, 0.4) is 0 Å². The summed E-state index contributed by atoms with van der Waals surface area (Å²) in [4.78, 5) is 41.2. The van der Waals surface area contributed by atoms with E-state index in [1.54, 1.807) is 30.3 Å². The zero-order chi connectivity index (χ0) is 28.5. The number of aryl methyl sites for hydroxylation is 2. The lowest BCUT2D eigenvalue weighted by Gasteiger charge is -2.44. The lowest BCUT2D eigenvalue weighted by Crippen LogP contribution is -2.56. The van der Waals surface area contributed by atoms with E-state index in [-0.39, 0.29) is 16.0 Å². The molecule has 3 aromatic rings. The number of phenols is 1. The molecule has 0 bridgehead atoms. The van der Waals surface area contributed by atoms with Gasteiger partial charge in [0.2, 0.25) is 11.8 Å². The third kappa shape index (κ3) is 5.69. The molecule has 9 heteroatoms. The molecule has 2 amide bonds. The molecule has 1 saturated carbocycles. The number of carbonyl (C=O) groups is 3. The monoisotopic (exact) mass is 594 g/mol. The van der Waals surface area contributed by atoms with Crippen molar-refractivity contribution in [2.45, 2.75) is 38.7 Å². The minimum absolute atomic E-state index is 0.0909. The molecule has 0 radical (unpaired) electrons. The Kier molecular flexibility index (Phi) is 8.13. The summed E-state index contributed by atoms with van der Waals surface area (Å²) >= 11 is 3.31. The number of hydrogen-bond acceptors (Lipinski definition) is 6. The van der Waals surface area contributed by atoms with Crippen molar-refractivity contribution in [2.75, 3.05) is 17.7 Å². The highest BCUT2D eigenvalue weighted by Gasteiger charge is 2.56. The molecule has 1 fully saturated rings. The van der Waals surface area contributed by atoms with E-state index in [2.05, 4.69) is 26.6 Å². The second-order valence-electron chi connectivity index (χ2n) is 10.1. The van der Waals surface area contributed by atoms with Gasteiger partial charge in [-0.15, -0.1) is 0 Å². The molecule has 204 valence electrons. The fourth-order valence-electron chi connectivity index (χ4n) is 5.28. The maximum absolute atomic E-state index is 13.9. The Balaban J connectivity index is 1.86. The third-order valence-electron chi connectivity index (χ3n) is 7.29. The highest BCUT2D eigenvalue weighted by atomic mass is 79.9. The summed E-state index contributed by atoms with van der Waals surface area (Å²) in [6.45, 7) is 5.11. The van der Waals surface area contributed by atoms with E-state index >= 15 is 0 Å². The second-order valence-corrected chi connectivity index (χ2v) is 11.0. The molecule has 0 aliphatic heterocycles. The highest BCUT2D eigenvalue weighted by Crippen LogP contribution is 2.49. The number of hydrogen-bond donors (Lipinski definition) is 4. The molecule has 4 atom stereocenters. The molecule has 4 rings (SSSR count). The lowest BCUT2D eigenvalue weighted by atomic mass is 9.61. The first-order chi connectivity index (χ1) is 18.4. The van der Waals surface area contributed by atoms with Crippen molar-refractivity contribution in [1.29, 1.82) is 0 Å². The van der Waals surface area contributed by atoms with Crippen molar-refractivity contribution in [2.24, 2.45) is 11.8 Å². The predicted octanol–water partition coefficient (Wildman–Crippen LogP) is 5.10. The molecular weight excluding hydrogens is 564 g/mol. The van der Waals surface area contributed by atoms with E-state index in [1.807, 2.05) is 38.1 Å². The van der Waals surface area contributed by atoms with Gasteiger partial charge in [0.05, 0.1) is 23.1 Å². The van der Waals surface area contributed by atoms with Crippen LogP contribution in [0.5, 0.6) is 11.5 Å². The zero-order valence-corrected chi connectivity index (χ0v) is 23.7. The van der Waals surface area contributed by atoms with Crippen LogP contribution in [0.25, 0.3) is 0 Å². The maximum Gasteiger partial charge on any atom is 0.235 e. The van der Waals surface area contributed by atoms with E-state index in [1.165, 1.54) is 20.1 Å². The maximum atomic E-state index is 13.9. The highest BCUT2D eigenvalue weighted by molar-refractivity contribution is 9.10. The Morgan fingerprint density at radius 1 is 0.974 bits per heavy atom. The number of aliphatic hydroxyl groups is 1. The van der Waals surface area contributed by atoms with Gasteiger partial charge in [-0.1, -0.05) is 36.4 Å². The number of ketones is 1. The summed E-state index contributed by atoms with van der Waals surface area (Å²) in [5.74, 6) is -5.30. The SMILES string of the molecule is COc1cc(C2C(C(=O)Nc3ccccc3C)C(=O)CC(C)(O)C2C(=O)Nc2ccccc2C)cc(Br)c1O. The van der Waals surface area contributed by atoms with Crippen LogP contribution in [0, 0.1) is 25.7 Å². The predicted molar refractivity (Wildman–Crippen MR) is 152 cm³/mol. The molecule has 3 aromatic carbocycles. The minimum Gasteiger partial charge on any atom is -0.503 e. The van der Waals surface area contributed by atoms with Crippen molar-refractivity contribution >= 4 is 44.9 Å².